The molecule has 0 aromatic heterocycles. The Morgan fingerprint density at radius 1 is 1.10 bits per heavy atom. The highest BCUT2D eigenvalue weighted by Gasteiger charge is 2.30. The van der Waals surface area contributed by atoms with Crippen LogP contribution < -0.4 is 0 Å². The molecule has 1 aliphatic rings. The number of hydrogen-bond donors (Lipinski definition) is 3. The van der Waals surface area contributed by atoms with Gasteiger partial charge in [-0.05, 0) is 25.2 Å². The summed E-state index contributed by atoms with van der Waals surface area (Å²) in [5.41, 5.74) is 0. The maximum absolute atomic E-state index is 9.06. The van der Waals surface area contributed by atoms with Gasteiger partial charge in [-0.2, -0.15) is 0 Å². The molecule has 3 heteroatoms. The molecule has 1 fully saturated rings. The molecule has 0 heterocycles. The van der Waals surface area contributed by atoms with Gasteiger partial charge in [-0.15, -0.1) is 0 Å². The molecule has 0 amide bonds. The zero-order valence-corrected chi connectivity index (χ0v) is 5.90. The van der Waals surface area contributed by atoms with E-state index in [1.54, 1.807) is 0 Å². The second-order valence-corrected chi connectivity index (χ2v) is 2.98. The van der Waals surface area contributed by atoms with Gasteiger partial charge in [-0.25, -0.2) is 0 Å². The van der Waals surface area contributed by atoms with Crippen LogP contribution in [0.2, 0.25) is 0 Å². The van der Waals surface area contributed by atoms with Crippen molar-refractivity contribution in [3.05, 3.63) is 0 Å². The number of rotatable bonds is 2. The van der Waals surface area contributed by atoms with E-state index >= 15 is 0 Å². The maximum Gasteiger partial charge on any atom is 0.0801 e. The maximum atomic E-state index is 9.06. The van der Waals surface area contributed by atoms with Crippen LogP contribution in [0.15, 0.2) is 0 Å². The standard InChI is InChI=1S/C7H14O3/c8-2-1-5-3-6(9)7(10)4-5/h5-10H,1-4H2/t5?,6-,7+. The molecule has 0 aromatic carbocycles. The Morgan fingerprint density at radius 3 is 2.00 bits per heavy atom. The van der Waals surface area contributed by atoms with E-state index in [9.17, 15) is 0 Å². The Bertz CT molecular complexity index is 95.0. The van der Waals surface area contributed by atoms with Gasteiger partial charge < -0.3 is 15.3 Å². The molecule has 0 bridgehead atoms. The molecule has 0 radical (unpaired) electrons. The fourth-order valence-corrected chi connectivity index (χ4v) is 1.51. The molecule has 10 heavy (non-hydrogen) atoms. The molecule has 3 nitrogen and oxygen atoms in total. The molecule has 3 N–H and O–H groups in total. The third-order valence-electron chi connectivity index (χ3n) is 2.13. The van der Waals surface area contributed by atoms with Crippen molar-refractivity contribution in [3.63, 3.8) is 0 Å². The molecular weight excluding hydrogens is 132 g/mol. The summed E-state index contributed by atoms with van der Waals surface area (Å²) in [7, 11) is 0. The SMILES string of the molecule is OCCC1C[C@@H](O)[C@@H](O)C1. The van der Waals surface area contributed by atoms with Crippen LogP contribution in [-0.4, -0.2) is 34.1 Å². The summed E-state index contributed by atoms with van der Waals surface area (Å²) in [6.45, 7) is 0.157. The fourth-order valence-electron chi connectivity index (χ4n) is 1.51. The van der Waals surface area contributed by atoms with Crippen molar-refractivity contribution < 1.29 is 15.3 Å². The van der Waals surface area contributed by atoms with Crippen LogP contribution in [0.3, 0.4) is 0 Å². The average Bonchev–Trinajstić information content (AvgIpc) is 2.14. The summed E-state index contributed by atoms with van der Waals surface area (Å²) in [4.78, 5) is 0. The highest BCUT2D eigenvalue weighted by molar-refractivity contribution is 4.82. The second kappa shape index (κ2) is 3.32. The first kappa shape index (κ1) is 7.98. The molecule has 1 aliphatic carbocycles. The van der Waals surface area contributed by atoms with E-state index in [1.165, 1.54) is 0 Å². The van der Waals surface area contributed by atoms with Gasteiger partial charge in [0, 0.05) is 6.61 Å². The van der Waals surface area contributed by atoms with E-state index < -0.39 is 12.2 Å². The van der Waals surface area contributed by atoms with E-state index in [0.717, 1.165) is 0 Å². The fraction of sp³-hybridized carbons (Fsp3) is 1.00. The Morgan fingerprint density at radius 2 is 1.60 bits per heavy atom. The van der Waals surface area contributed by atoms with Crippen molar-refractivity contribution in [2.24, 2.45) is 5.92 Å². The first-order chi connectivity index (χ1) is 4.74. The number of aliphatic hydroxyl groups excluding tert-OH is 3. The van der Waals surface area contributed by atoms with Gasteiger partial charge in [0.1, 0.15) is 0 Å². The minimum atomic E-state index is -0.559. The molecule has 1 rings (SSSR count). The van der Waals surface area contributed by atoms with Crippen LogP contribution in [0.5, 0.6) is 0 Å². The van der Waals surface area contributed by atoms with Crippen molar-refractivity contribution in [3.8, 4) is 0 Å². The van der Waals surface area contributed by atoms with Crippen LogP contribution in [0, 0.1) is 5.92 Å². The molecule has 1 saturated carbocycles. The monoisotopic (exact) mass is 146 g/mol. The predicted molar refractivity (Wildman–Crippen MR) is 36.4 cm³/mol. The lowest BCUT2D eigenvalue weighted by molar-refractivity contribution is 0.0438. The highest BCUT2D eigenvalue weighted by atomic mass is 16.3. The van der Waals surface area contributed by atoms with E-state index in [0.29, 0.717) is 25.2 Å². The van der Waals surface area contributed by atoms with Crippen molar-refractivity contribution >= 4 is 0 Å². The average molecular weight is 146 g/mol. The Hall–Kier alpha value is -0.120. The van der Waals surface area contributed by atoms with Crippen LogP contribution in [-0.2, 0) is 0 Å². The van der Waals surface area contributed by atoms with Gasteiger partial charge in [-0.3, -0.25) is 0 Å². The van der Waals surface area contributed by atoms with Crippen LogP contribution in [0.25, 0.3) is 0 Å². The van der Waals surface area contributed by atoms with Crippen LogP contribution in [0.4, 0.5) is 0 Å². The quantitative estimate of drug-likeness (QED) is 0.492. The van der Waals surface area contributed by atoms with Gasteiger partial charge in [0.15, 0.2) is 0 Å². The van der Waals surface area contributed by atoms with Crippen molar-refractivity contribution in [1.82, 2.24) is 0 Å². The summed E-state index contributed by atoms with van der Waals surface area (Å²) in [6.07, 6.45) is 0.866. The summed E-state index contributed by atoms with van der Waals surface area (Å²) in [6, 6.07) is 0. The first-order valence-corrected chi connectivity index (χ1v) is 3.71. The third kappa shape index (κ3) is 1.68. The van der Waals surface area contributed by atoms with Gasteiger partial charge in [-0.1, -0.05) is 0 Å². The lowest BCUT2D eigenvalue weighted by atomic mass is 10.1. The van der Waals surface area contributed by atoms with Crippen LogP contribution >= 0.6 is 0 Å². The predicted octanol–water partition coefficient (Wildman–Crippen LogP) is -0.499. The molecule has 3 atom stereocenters. The van der Waals surface area contributed by atoms with E-state index in [4.69, 9.17) is 15.3 Å². The van der Waals surface area contributed by atoms with Gasteiger partial charge in [0.2, 0.25) is 0 Å². The molecule has 0 saturated heterocycles. The summed E-state index contributed by atoms with van der Waals surface area (Å²) in [5, 5.41) is 26.7. The normalized spacial score (nSPS) is 40.5. The largest absolute Gasteiger partial charge is 0.396 e. The zero-order valence-electron chi connectivity index (χ0n) is 5.90. The van der Waals surface area contributed by atoms with Gasteiger partial charge in [0.25, 0.3) is 0 Å². The van der Waals surface area contributed by atoms with E-state index in [1.807, 2.05) is 0 Å². The van der Waals surface area contributed by atoms with Crippen molar-refractivity contribution in [1.29, 1.82) is 0 Å². The molecule has 60 valence electrons. The smallest absolute Gasteiger partial charge is 0.0801 e. The Kier molecular flexibility index (Phi) is 2.65. The zero-order chi connectivity index (χ0) is 7.56. The van der Waals surface area contributed by atoms with Crippen LogP contribution in [0.1, 0.15) is 19.3 Å². The topological polar surface area (TPSA) is 60.7 Å². The molecule has 1 unspecified atom stereocenters. The first-order valence-electron chi connectivity index (χ1n) is 3.71. The summed E-state index contributed by atoms with van der Waals surface area (Å²) >= 11 is 0. The molecule has 0 spiro atoms. The molecular formula is C7H14O3. The minimum Gasteiger partial charge on any atom is -0.396 e. The third-order valence-corrected chi connectivity index (χ3v) is 2.13. The molecule has 0 aromatic rings. The highest BCUT2D eigenvalue weighted by Crippen LogP contribution is 2.27. The summed E-state index contributed by atoms with van der Waals surface area (Å²) in [5.74, 6) is 0.315. The number of aliphatic hydroxyl groups is 3. The van der Waals surface area contributed by atoms with Gasteiger partial charge >= 0.3 is 0 Å². The Labute approximate surface area is 60.3 Å². The van der Waals surface area contributed by atoms with E-state index in [-0.39, 0.29) is 6.61 Å². The van der Waals surface area contributed by atoms with Crippen molar-refractivity contribution in [2.45, 2.75) is 31.5 Å². The minimum absolute atomic E-state index is 0.157. The van der Waals surface area contributed by atoms with Crippen molar-refractivity contribution in [2.75, 3.05) is 6.61 Å². The van der Waals surface area contributed by atoms with E-state index in [2.05, 4.69) is 0 Å². The lowest BCUT2D eigenvalue weighted by Gasteiger charge is -2.03. The van der Waals surface area contributed by atoms with Gasteiger partial charge in [0.05, 0.1) is 12.2 Å². The second-order valence-electron chi connectivity index (χ2n) is 2.98. The number of hydrogen-bond acceptors (Lipinski definition) is 3. The Balaban J connectivity index is 2.27. The molecule has 0 aliphatic heterocycles. The lowest BCUT2D eigenvalue weighted by Crippen LogP contribution is -2.17. The summed E-state index contributed by atoms with van der Waals surface area (Å²) < 4.78 is 0.